The molecule has 1 heterocycles. The van der Waals surface area contributed by atoms with Gasteiger partial charge in [0.25, 0.3) is 0 Å². The van der Waals surface area contributed by atoms with Gasteiger partial charge in [-0.3, -0.25) is 4.79 Å². The van der Waals surface area contributed by atoms with Gasteiger partial charge < -0.3 is 10.1 Å². The van der Waals surface area contributed by atoms with Crippen molar-refractivity contribution in [1.82, 2.24) is 5.32 Å². The number of hydrogen-bond donors (Lipinski definition) is 1. The molecule has 0 bridgehead atoms. The Labute approximate surface area is 112 Å². The van der Waals surface area contributed by atoms with E-state index in [-0.39, 0.29) is 17.4 Å². The predicted molar refractivity (Wildman–Crippen MR) is 68.1 cm³/mol. The molecule has 6 nitrogen and oxygen atoms in total. The van der Waals surface area contributed by atoms with E-state index in [0.717, 1.165) is 12.8 Å². The van der Waals surface area contributed by atoms with Crippen molar-refractivity contribution in [2.45, 2.75) is 37.6 Å². The highest BCUT2D eigenvalue weighted by atomic mass is 32.2. The Hall–Kier alpha value is -1.11. The smallest absolute Gasteiger partial charge is 0.331 e. The normalized spacial score (nSPS) is 27.9. The molecule has 0 aromatic carbocycles. The van der Waals surface area contributed by atoms with E-state index in [9.17, 15) is 18.0 Å². The van der Waals surface area contributed by atoms with Gasteiger partial charge >= 0.3 is 5.97 Å². The number of methoxy groups -OCH3 is 1. The molecule has 1 unspecified atom stereocenters. The molecule has 2 rings (SSSR count). The lowest BCUT2D eigenvalue weighted by Crippen LogP contribution is -2.54. The van der Waals surface area contributed by atoms with E-state index in [1.807, 2.05) is 0 Å². The summed E-state index contributed by atoms with van der Waals surface area (Å²) in [5.41, 5.74) is -0.946. The Morgan fingerprint density at radius 1 is 1.26 bits per heavy atom. The highest BCUT2D eigenvalue weighted by molar-refractivity contribution is 7.91. The maximum atomic E-state index is 12.1. The number of esters is 1. The number of ether oxygens (including phenoxy) is 1. The van der Waals surface area contributed by atoms with E-state index in [1.54, 1.807) is 0 Å². The molecule has 1 atom stereocenters. The van der Waals surface area contributed by atoms with Gasteiger partial charge in [-0.05, 0) is 19.3 Å². The molecule has 1 amide bonds. The molecule has 0 aromatic heterocycles. The summed E-state index contributed by atoms with van der Waals surface area (Å²) in [6.45, 7) is 0. The topological polar surface area (TPSA) is 89.5 Å². The third kappa shape index (κ3) is 2.91. The van der Waals surface area contributed by atoms with E-state index in [2.05, 4.69) is 5.32 Å². The number of sulfone groups is 1. The summed E-state index contributed by atoms with van der Waals surface area (Å²) < 4.78 is 27.5. The minimum absolute atomic E-state index is 0.0519. The Balaban J connectivity index is 2.06. The van der Waals surface area contributed by atoms with Crippen molar-refractivity contribution in [3.63, 3.8) is 0 Å². The van der Waals surface area contributed by atoms with Crippen LogP contribution in [0.5, 0.6) is 0 Å². The van der Waals surface area contributed by atoms with Gasteiger partial charge in [0, 0.05) is 0 Å². The van der Waals surface area contributed by atoms with Gasteiger partial charge in [-0.1, -0.05) is 12.8 Å². The molecule has 0 radical (unpaired) electrons. The van der Waals surface area contributed by atoms with Gasteiger partial charge in [0.05, 0.1) is 24.5 Å². The molecule has 2 aliphatic rings. The van der Waals surface area contributed by atoms with Crippen LogP contribution in [0.15, 0.2) is 0 Å². The van der Waals surface area contributed by atoms with Crippen LogP contribution in [-0.2, 0) is 24.2 Å². The number of carbonyl (C=O) groups excluding carboxylic acids is 2. The van der Waals surface area contributed by atoms with Crippen molar-refractivity contribution in [3.05, 3.63) is 0 Å². The number of amides is 1. The summed E-state index contributed by atoms with van der Waals surface area (Å²) in [6.07, 6.45) is 3.18. The van der Waals surface area contributed by atoms with Gasteiger partial charge in [-0.2, -0.15) is 0 Å². The van der Waals surface area contributed by atoms with Crippen LogP contribution in [0.3, 0.4) is 0 Å². The van der Waals surface area contributed by atoms with Crippen LogP contribution in [0.4, 0.5) is 0 Å². The van der Waals surface area contributed by atoms with Crippen molar-refractivity contribution < 1.29 is 22.7 Å². The Morgan fingerprint density at radius 3 is 2.37 bits per heavy atom. The summed E-state index contributed by atoms with van der Waals surface area (Å²) in [4.78, 5) is 24.0. The summed E-state index contributed by atoms with van der Waals surface area (Å²) in [6, 6.07) is 0. The first-order chi connectivity index (χ1) is 8.88. The fourth-order valence-corrected chi connectivity index (χ4v) is 4.64. The van der Waals surface area contributed by atoms with Gasteiger partial charge in [0.2, 0.25) is 5.91 Å². The second-order valence-corrected chi connectivity index (χ2v) is 7.60. The average Bonchev–Trinajstić information content (AvgIpc) is 2.95. The number of nitrogens with one attached hydrogen (secondary N) is 1. The predicted octanol–water partition coefficient (Wildman–Crippen LogP) is 0.0231. The van der Waals surface area contributed by atoms with Crippen LogP contribution >= 0.6 is 0 Å². The van der Waals surface area contributed by atoms with E-state index >= 15 is 0 Å². The summed E-state index contributed by atoms with van der Waals surface area (Å²) in [5.74, 6) is -1.37. The standard InChI is InChI=1S/C12H19NO5S/c1-18-11(15)12(5-2-3-6-12)13-10(14)9-4-7-19(16,17)8-9/h9H,2-8H2,1H3,(H,13,14). The van der Waals surface area contributed by atoms with Gasteiger partial charge in [-0.25, -0.2) is 13.2 Å². The zero-order valence-corrected chi connectivity index (χ0v) is 11.8. The summed E-state index contributed by atoms with van der Waals surface area (Å²) in [5, 5.41) is 2.74. The zero-order chi connectivity index (χ0) is 14.1. The molecule has 2 fully saturated rings. The second kappa shape index (κ2) is 5.11. The minimum atomic E-state index is -3.10. The molecule has 1 N–H and O–H groups in total. The fraction of sp³-hybridized carbons (Fsp3) is 0.833. The highest BCUT2D eigenvalue weighted by Crippen LogP contribution is 2.32. The molecule has 108 valence electrons. The molecule has 7 heteroatoms. The van der Waals surface area contributed by atoms with Crippen LogP contribution in [0, 0.1) is 5.92 Å². The van der Waals surface area contributed by atoms with Gasteiger partial charge in [0.1, 0.15) is 5.54 Å². The largest absolute Gasteiger partial charge is 0.467 e. The van der Waals surface area contributed by atoms with Crippen LogP contribution < -0.4 is 5.32 Å². The molecule has 19 heavy (non-hydrogen) atoms. The zero-order valence-electron chi connectivity index (χ0n) is 11.0. The average molecular weight is 289 g/mol. The van der Waals surface area contributed by atoms with Crippen LogP contribution in [0.2, 0.25) is 0 Å². The first-order valence-electron chi connectivity index (χ1n) is 6.49. The Bertz CT molecular complexity index is 478. The third-order valence-electron chi connectivity index (χ3n) is 4.00. The SMILES string of the molecule is COC(=O)C1(NC(=O)C2CCS(=O)(=O)C2)CCCC1. The van der Waals surface area contributed by atoms with Crippen molar-refractivity contribution in [2.75, 3.05) is 18.6 Å². The molecular weight excluding hydrogens is 270 g/mol. The quantitative estimate of drug-likeness (QED) is 0.740. The summed E-state index contributed by atoms with van der Waals surface area (Å²) >= 11 is 0. The maximum Gasteiger partial charge on any atom is 0.331 e. The van der Waals surface area contributed by atoms with Crippen LogP contribution in [0.25, 0.3) is 0 Å². The molecule has 1 aliphatic heterocycles. The lowest BCUT2D eigenvalue weighted by molar-refractivity contribution is -0.151. The van der Waals surface area contributed by atoms with E-state index in [0.29, 0.717) is 19.3 Å². The number of carbonyl (C=O) groups is 2. The first-order valence-corrected chi connectivity index (χ1v) is 8.31. The Kier molecular flexibility index (Phi) is 3.85. The molecule has 1 aliphatic carbocycles. The molecular formula is C12H19NO5S. The molecule has 0 aromatic rings. The summed E-state index contributed by atoms with van der Waals surface area (Å²) in [7, 11) is -1.80. The number of rotatable bonds is 3. The lowest BCUT2D eigenvalue weighted by Gasteiger charge is -2.28. The van der Waals surface area contributed by atoms with Gasteiger partial charge in [0.15, 0.2) is 9.84 Å². The third-order valence-corrected chi connectivity index (χ3v) is 5.77. The lowest BCUT2D eigenvalue weighted by atomic mass is 9.96. The maximum absolute atomic E-state index is 12.1. The van der Waals surface area contributed by atoms with Gasteiger partial charge in [-0.15, -0.1) is 0 Å². The second-order valence-electron chi connectivity index (χ2n) is 5.37. The van der Waals surface area contributed by atoms with Crippen molar-refractivity contribution >= 4 is 21.7 Å². The van der Waals surface area contributed by atoms with Crippen molar-refractivity contribution in [1.29, 1.82) is 0 Å². The van der Waals surface area contributed by atoms with E-state index in [4.69, 9.17) is 4.74 Å². The Morgan fingerprint density at radius 2 is 1.89 bits per heavy atom. The van der Waals surface area contributed by atoms with E-state index in [1.165, 1.54) is 7.11 Å². The molecule has 0 spiro atoms. The van der Waals surface area contributed by atoms with Crippen LogP contribution in [0.1, 0.15) is 32.1 Å². The van der Waals surface area contributed by atoms with E-state index < -0.39 is 27.3 Å². The first kappa shape index (κ1) is 14.3. The molecule has 1 saturated heterocycles. The minimum Gasteiger partial charge on any atom is -0.467 e. The fourth-order valence-electron chi connectivity index (χ4n) is 2.89. The van der Waals surface area contributed by atoms with Crippen LogP contribution in [-0.4, -0.2) is 44.4 Å². The molecule has 1 saturated carbocycles. The van der Waals surface area contributed by atoms with Crippen molar-refractivity contribution in [2.24, 2.45) is 5.92 Å². The monoisotopic (exact) mass is 289 g/mol. The highest BCUT2D eigenvalue weighted by Gasteiger charge is 2.45. The van der Waals surface area contributed by atoms with Crippen molar-refractivity contribution in [3.8, 4) is 0 Å². The number of hydrogen-bond acceptors (Lipinski definition) is 5.